The van der Waals surface area contributed by atoms with Gasteiger partial charge >= 0.3 is 0 Å². The lowest BCUT2D eigenvalue weighted by Gasteiger charge is -2.09. The van der Waals surface area contributed by atoms with Gasteiger partial charge < -0.3 is 5.73 Å². The van der Waals surface area contributed by atoms with Crippen molar-refractivity contribution >= 4 is 43.2 Å². The monoisotopic (exact) mass is 392 g/mol. The van der Waals surface area contributed by atoms with E-state index in [0.29, 0.717) is 15.1 Å². The standard InChI is InChI=1S/C13H11BrClFN2O2S/c14-10-5-11(16)13(6-12(10)17)21(19,20)18-7-8-2-1-3-9(15)4-8/h1-6,18H,7,17H2. The molecule has 112 valence electrons. The number of hydrogen-bond acceptors (Lipinski definition) is 3. The number of anilines is 1. The van der Waals surface area contributed by atoms with E-state index in [-0.39, 0.29) is 12.2 Å². The van der Waals surface area contributed by atoms with E-state index in [9.17, 15) is 12.8 Å². The second kappa shape index (κ2) is 6.31. The zero-order valence-electron chi connectivity index (χ0n) is 10.6. The van der Waals surface area contributed by atoms with Gasteiger partial charge in [0.2, 0.25) is 10.0 Å². The van der Waals surface area contributed by atoms with Gasteiger partial charge in [-0.15, -0.1) is 0 Å². The van der Waals surface area contributed by atoms with Gasteiger partial charge in [0.15, 0.2) is 0 Å². The normalized spacial score (nSPS) is 11.6. The molecule has 4 nitrogen and oxygen atoms in total. The second-order valence-corrected chi connectivity index (χ2v) is 7.28. The molecule has 0 aliphatic carbocycles. The Kier molecular flexibility index (Phi) is 4.88. The summed E-state index contributed by atoms with van der Waals surface area (Å²) in [6.45, 7) is -0.00168. The lowest BCUT2D eigenvalue weighted by molar-refractivity contribution is 0.556. The molecular formula is C13H11BrClFN2O2S. The average Bonchev–Trinajstić information content (AvgIpc) is 2.41. The van der Waals surface area contributed by atoms with Crippen LogP contribution in [0.15, 0.2) is 45.8 Å². The highest BCUT2D eigenvalue weighted by molar-refractivity contribution is 9.10. The first-order valence-electron chi connectivity index (χ1n) is 5.78. The highest BCUT2D eigenvalue weighted by Gasteiger charge is 2.20. The van der Waals surface area contributed by atoms with Crippen LogP contribution in [0.4, 0.5) is 10.1 Å². The van der Waals surface area contributed by atoms with Crippen molar-refractivity contribution in [1.82, 2.24) is 4.72 Å². The van der Waals surface area contributed by atoms with E-state index < -0.39 is 20.7 Å². The summed E-state index contributed by atoms with van der Waals surface area (Å²) in [5.41, 5.74) is 6.39. The van der Waals surface area contributed by atoms with Crippen LogP contribution in [0, 0.1) is 5.82 Å². The summed E-state index contributed by atoms with van der Waals surface area (Å²) in [4.78, 5) is -0.495. The average molecular weight is 394 g/mol. The van der Waals surface area contributed by atoms with Gasteiger partial charge in [-0.1, -0.05) is 23.7 Å². The van der Waals surface area contributed by atoms with Crippen LogP contribution in [0.3, 0.4) is 0 Å². The van der Waals surface area contributed by atoms with Crippen LogP contribution in [-0.4, -0.2) is 8.42 Å². The number of sulfonamides is 1. The van der Waals surface area contributed by atoms with Crippen LogP contribution in [0.5, 0.6) is 0 Å². The molecule has 0 aromatic heterocycles. The largest absolute Gasteiger partial charge is 0.398 e. The minimum atomic E-state index is -4.01. The van der Waals surface area contributed by atoms with Crippen molar-refractivity contribution in [1.29, 1.82) is 0 Å². The lowest BCUT2D eigenvalue weighted by Crippen LogP contribution is -2.24. The summed E-state index contributed by atoms with van der Waals surface area (Å²) < 4.78 is 40.6. The Morgan fingerprint density at radius 2 is 2.00 bits per heavy atom. The molecule has 2 aromatic rings. The summed E-state index contributed by atoms with van der Waals surface area (Å²) in [5, 5.41) is 0.491. The van der Waals surface area contributed by atoms with Crippen LogP contribution in [0.1, 0.15) is 5.56 Å². The first-order chi connectivity index (χ1) is 9.79. The minimum Gasteiger partial charge on any atom is -0.398 e. The van der Waals surface area contributed by atoms with Crippen molar-refractivity contribution < 1.29 is 12.8 Å². The topological polar surface area (TPSA) is 72.2 Å². The van der Waals surface area contributed by atoms with E-state index in [1.807, 2.05) is 0 Å². The Hall–Kier alpha value is -1.15. The molecule has 0 amide bonds. The van der Waals surface area contributed by atoms with Gasteiger partial charge in [-0.2, -0.15) is 0 Å². The summed E-state index contributed by atoms with van der Waals surface area (Å²) >= 11 is 8.85. The highest BCUT2D eigenvalue weighted by atomic mass is 79.9. The summed E-state index contributed by atoms with van der Waals surface area (Å²) in [7, 11) is -4.01. The van der Waals surface area contributed by atoms with E-state index in [0.717, 1.165) is 12.1 Å². The van der Waals surface area contributed by atoms with E-state index >= 15 is 0 Å². The number of rotatable bonds is 4. The van der Waals surface area contributed by atoms with Gasteiger partial charge in [-0.25, -0.2) is 17.5 Å². The maximum absolute atomic E-state index is 13.8. The third kappa shape index (κ3) is 3.94. The molecule has 0 radical (unpaired) electrons. The zero-order chi connectivity index (χ0) is 15.6. The molecule has 21 heavy (non-hydrogen) atoms. The molecule has 0 spiro atoms. The van der Waals surface area contributed by atoms with E-state index in [2.05, 4.69) is 20.7 Å². The Labute approximate surface area is 135 Å². The second-order valence-electron chi connectivity index (χ2n) is 4.26. The SMILES string of the molecule is Nc1cc(S(=O)(=O)NCc2cccc(Cl)c2)c(F)cc1Br. The van der Waals surface area contributed by atoms with Crippen molar-refractivity contribution in [3.05, 3.63) is 57.3 Å². The maximum Gasteiger partial charge on any atom is 0.243 e. The number of hydrogen-bond donors (Lipinski definition) is 2. The van der Waals surface area contributed by atoms with Crippen molar-refractivity contribution in [2.75, 3.05) is 5.73 Å². The molecule has 0 bridgehead atoms. The Balaban J connectivity index is 2.25. The van der Waals surface area contributed by atoms with Crippen LogP contribution in [0.25, 0.3) is 0 Å². The van der Waals surface area contributed by atoms with Crippen LogP contribution in [0.2, 0.25) is 5.02 Å². The maximum atomic E-state index is 13.8. The Bertz CT molecular complexity index is 784. The molecule has 8 heteroatoms. The number of nitrogens with two attached hydrogens (primary N) is 1. The zero-order valence-corrected chi connectivity index (χ0v) is 13.8. The molecule has 0 fully saturated rings. The van der Waals surface area contributed by atoms with E-state index in [1.54, 1.807) is 24.3 Å². The molecule has 0 unspecified atom stereocenters. The number of nitrogens with one attached hydrogen (secondary N) is 1. The lowest BCUT2D eigenvalue weighted by atomic mass is 10.2. The smallest absolute Gasteiger partial charge is 0.243 e. The number of benzene rings is 2. The van der Waals surface area contributed by atoms with Crippen LogP contribution >= 0.6 is 27.5 Å². The van der Waals surface area contributed by atoms with Crippen LogP contribution in [-0.2, 0) is 16.6 Å². The van der Waals surface area contributed by atoms with Crippen molar-refractivity contribution in [3.8, 4) is 0 Å². The summed E-state index contributed by atoms with van der Waals surface area (Å²) in [6, 6.07) is 8.79. The molecule has 0 saturated heterocycles. The van der Waals surface area contributed by atoms with Crippen molar-refractivity contribution in [3.63, 3.8) is 0 Å². The first-order valence-corrected chi connectivity index (χ1v) is 8.43. The van der Waals surface area contributed by atoms with Gasteiger partial charge in [-0.05, 0) is 45.8 Å². The van der Waals surface area contributed by atoms with Gasteiger partial charge in [0.1, 0.15) is 10.7 Å². The summed E-state index contributed by atoms with van der Waals surface area (Å²) in [5.74, 6) is -0.880. The molecule has 0 aliphatic heterocycles. The van der Waals surface area contributed by atoms with Crippen molar-refractivity contribution in [2.24, 2.45) is 0 Å². The third-order valence-electron chi connectivity index (χ3n) is 2.70. The van der Waals surface area contributed by atoms with Crippen molar-refractivity contribution in [2.45, 2.75) is 11.4 Å². The Morgan fingerprint density at radius 1 is 1.29 bits per heavy atom. The fourth-order valence-electron chi connectivity index (χ4n) is 1.65. The predicted octanol–water partition coefficient (Wildman–Crippen LogP) is 3.30. The summed E-state index contributed by atoms with van der Waals surface area (Å²) in [6.07, 6.45) is 0. The van der Waals surface area contributed by atoms with Crippen LogP contribution < -0.4 is 10.5 Å². The molecule has 0 heterocycles. The molecule has 0 atom stereocenters. The number of nitrogen functional groups attached to an aromatic ring is 1. The fourth-order valence-corrected chi connectivity index (χ4v) is 3.29. The van der Waals surface area contributed by atoms with Gasteiger partial charge in [0.25, 0.3) is 0 Å². The molecule has 3 N–H and O–H groups in total. The van der Waals surface area contributed by atoms with Gasteiger partial charge in [-0.3, -0.25) is 0 Å². The highest BCUT2D eigenvalue weighted by Crippen LogP contribution is 2.26. The van der Waals surface area contributed by atoms with E-state index in [4.69, 9.17) is 17.3 Å². The fraction of sp³-hybridized carbons (Fsp3) is 0.0769. The van der Waals surface area contributed by atoms with Gasteiger partial charge in [0, 0.05) is 21.7 Å². The number of halogens is 3. The Morgan fingerprint density at radius 3 is 2.67 bits per heavy atom. The molecule has 2 aromatic carbocycles. The third-order valence-corrected chi connectivity index (χ3v) is 5.03. The molecule has 0 aliphatic rings. The quantitative estimate of drug-likeness (QED) is 0.783. The van der Waals surface area contributed by atoms with Gasteiger partial charge in [0.05, 0.1) is 0 Å². The first kappa shape index (κ1) is 16.2. The minimum absolute atomic E-state index is 0.00168. The molecule has 0 saturated carbocycles. The molecule has 2 rings (SSSR count). The molecular weight excluding hydrogens is 383 g/mol. The predicted molar refractivity (Wildman–Crippen MR) is 84.0 cm³/mol. The van der Waals surface area contributed by atoms with E-state index in [1.165, 1.54) is 0 Å².